The summed E-state index contributed by atoms with van der Waals surface area (Å²) in [5, 5.41) is 3.02. The lowest BCUT2D eigenvalue weighted by Gasteiger charge is -2.34. The molecule has 1 rings (SSSR count). The van der Waals surface area contributed by atoms with Crippen molar-refractivity contribution in [3.63, 3.8) is 0 Å². The van der Waals surface area contributed by atoms with Crippen molar-refractivity contribution in [3.05, 3.63) is 35.1 Å². The second kappa shape index (κ2) is 5.49. The molecule has 0 aliphatic heterocycles. The Bertz CT molecular complexity index is 438. The molecule has 1 aromatic carbocycles. The SMILES string of the molecule is CCC(C)(C)C(NC)c1ccc(F)c(C(F)(F)F)c1. The zero-order valence-corrected chi connectivity index (χ0v) is 11.5. The second-order valence-corrected chi connectivity index (χ2v) is 5.30. The van der Waals surface area contributed by atoms with Crippen LogP contribution >= 0.6 is 0 Å². The molecule has 0 bridgehead atoms. The van der Waals surface area contributed by atoms with Crippen LogP contribution in [0.5, 0.6) is 0 Å². The van der Waals surface area contributed by atoms with Crippen LogP contribution in [-0.2, 0) is 6.18 Å². The minimum absolute atomic E-state index is 0.227. The Morgan fingerprint density at radius 2 is 1.79 bits per heavy atom. The molecule has 0 aliphatic carbocycles. The molecule has 0 aliphatic rings. The molecule has 108 valence electrons. The van der Waals surface area contributed by atoms with E-state index in [9.17, 15) is 17.6 Å². The lowest BCUT2D eigenvalue weighted by Crippen LogP contribution is -2.31. The maximum atomic E-state index is 13.3. The van der Waals surface area contributed by atoms with Crippen LogP contribution in [-0.4, -0.2) is 7.05 Å². The van der Waals surface area contributed by atoms with Gasteiger partial charge in [-0.25, -0.2) is 4.39 Å². The first-order valence-corrected chi connectivity index (χ1v) is 6.17. The highest BCUT2D eigenvalue weighted by molar-refractivity contribution is 5.30. The molecule has 0 heterocycles. The van der Waals surface area contributed by atoms with Crippen LogP contribution in [0.2, 0.25) is 0 Å². The monoisotopic (exact) mass is 277 g/mol. The smallest absolute Gasteiger partial charge is 0.313 e. The summed E-state index contributed by atoms with van der Waals surface area (Å²) >= 11 is 0. The number of nitrogens with one attached hydrogen (secondary N) is 1. The fourth-order valence-electron chi connectivity index (χ4n) is 2.15. The molecule has 19 heavy (non-hydrogen) atoms. The first-order chi connectivity index (χ1) is 8.63. The summed E-state index contributed by atoms with van der Waals surface area (Å²) in [6.45, 7) is 5.90. The van der Waals surface area contributed by atoms with Gasteiger partial charge in [0, 0.05) is 6.04 Å². The van der Waals surface area contributed by atoms with Gasteiger partial charge in [0.15, 0.2) is 0 Å². The molecule has 1 atom stereocenters. The van der Waals surface area contributed by atoms with Crippen molar-refractivity contribution < 1.29 is 17.6 Å². The zero-order valence-electron chi connectivity index (χ0n) is 11.5. The van der Waals surface area contributed by atoms with Crippen LogP contribution in [0.4, 0.5) is 17.6 Å². The molecule has 1 N–H and O–H groups in total. The summed E-state index contributed by atoms with van der Waals surface area (Å²) in [6, 6.07) is 2.92. The third kappa shape index (κ3) is 3.47. The van der Waals surface area contributed by atoms with Gasteiger partial charge >= 0.3 is 6.18 Å². The molecule has 1 unspecified atom stereocenters. The van der Waals surface area contributed by atoms with E-state index >= 15 is 0 Å². The molecular weight excluding hydrogens is 258 g/mol. The van der Waals surface area contributed by atoms with Crippen molar-refractivity contribution in [2.45, 2.75) is 39.4 Å². The fourth-order valence-corrected chi connectivity index (χ4v) is 2.15. The molecule has 5 heteroatoms. The van der Waals surface area contributed by atoms with E-state index in [0.717, 1.165) is 18.6 Å². The van der Waals surface area contributed by atoms with E-state index in [1.54, 1.807) is 7.05 Å². The molecule has 0 saturated carbocycles. The summed E-state index contributed by atoms with van der Waals surface area (Å²) in [4.78, 5) is 0. The highest BCUT2D eigenvalue weighted by Crippen LogP contribution is 2.39. The maximum Gasteiger partial charge on any atom is 0.419 e. The van der Waals surface area contributed by atoms with Gasteiger partial charge in [0.1, 0.15) is 5.82 Å². The lowest BCUT2D eigenvalue weighted by atomic mass is 9.78. The van der Waals surface area contributed by atoms with E-state index < -0.39 is 17.6 Å². The normalized spacial score (nSPS) is 14.5. The molecular formula is C14H19F4N. The second-order valence-electron chi connectivity index (χ2n) is 5.30. The van der Waals surface area contributed by atoms with Crippen molar-refractivity contribution >= 4 is 0 Å². The van der Waals surface area contributed by atoms with Crippen LogP contribution in [0, 0.1) is 11.2 Å². The van der Waals surface area contributed by atoms with Gasteiger partial charge < -0.3 is 5.32 Å². The van der Waals surface area contributed by atoms with E-state index in [-0.39, 0.29) is 11.5 Å². The van der Waals surface area contributed by atoms with Crippen LogP contribution < -0.4 is 5.32 Å². The Balaban J connectivity index is 3.28. The number of benzene rings is 1. The van der Waals surface area contributed by atoms with Crippen molar-refractivity contribution in [1.82, 2.24) is 5.32 Å². The number of halogens is 4. The Labute approximate surface area is 111 Å². The number of alkyl halides is 3. The Hall–Kier alpha value is -1.10. The predicted octanol–water partition coefficient (Wildman–Crippen LogP) is 4.54. The van der Waals surface area contributed by atoms with Gasteiger partial charge in [0.25, 0.3) is 0 Å². The topological polar surface area (TPSA) is 12.0 Å². The summed E-state index contributed by atoms with van der Waals surface area (Å²) in [5.41, 5.74) is -0.990. The predicted molar refractivity (Wildman–Crippen MR) is 67.3 cm³/mol. The van der Waals surface area contributed by atoms with Crippen molar-refractivity contribution in [3.8, 4) is 0 Å². The van der Waals surface area contributed by atoms with E-state index in [1.165, 1.54) is 6.07 Å². The zero-order chi connectivity index (χ0) is 14.8. The summed E-state index contributed by atoms with van der Waals surface area (Å²) in [7, 11) is 1.69. The summed E-state index contributed by atoms with van der Waals surface area (Å²) in [6.07, 6.45) is -3.88. The quantitative estimate of drug-likeness (QED) is 0.797. The van der Waals surface area contributed by atoms with E-state index in [4.69, 9.17) is 0 Å². The average Bonchev–Trinajstić information content (AvgIpc) is 2.30. The third-order valence-corrected chi connectivity index (χ3v) is 3.61. The van der Waals surface area contributed by atoms with Gasteiger partial charge in [0.2, 0.25) is 0 Å². The van der Waals surface area contributed by atoms with Crippen molar-refractivity contribution in [2.75, 3.05) is 7.05 Å². The first kappa shape index (κ1) is 16.0. The van der Waals surface area contributed by atoms with E-state index in [1.807, 2.05) is 20.8 Å². The van der Waals surface area contributed by atoms with Crippen LogP contribution in [0.3, 0.4) is 0 Å². The molecule has 0 aromatic heterocycles. The molecule has 1 aromatic rings. The Morgan fingerprint density at radius 3 is 2.21 bits per heavy atom. The lowest BCUT2D eigenvalue weighted by molar-refractivity contribution is -0.140. The molecule has 0 spiro atoms. The molecule has 0 fully saturated rings. The van der Waals surface area contributed by atoms with Crippen LogP contribution in [0.25, 0.3) is 0 Å². The highest BCUT2D eigenvalue weighted by Gasteiger charge is 2.36. The minimum atomic E-state index is -4.67. The van der Waals surface area contributed by atoms with E-state index in [0.29, 0.717) is 5.56 Å². The van der Waals surface area contributed by atoms with Gasteiger partial charge in [-0.1, -0.05) is 26.8 Å². The van der Waals surface area contributed by atoms with Crippen LogP contribution in [0.15, 0.2) is 18.2 Å². The number of rotatable bonds is 4. The van der Waals surface area contributed by atoms with Gasteiger partial charge in [-0.3, -0.25) is 0 Å². The Kier molecular flexibility index (Phi) is 4.61. The number of hydrogen-bond acceptors (Lipinski definition) is 1. The minimum Gasteiger partial charge on any atom is -0.313 e. The third-order valence-electron chi connectivity index (χ3n) is 3.61. The molecule has 0 amide bonds. The number of hydrogen-bond donors (Lipinski definition) is 1. The van der Waals surface area contributed by atoms with Gasteiger partial charge in [-0.15, -0.1) is 0 Å². The maximum absolute atomic E-state index is 13.3. The molecule has 0 saturated heterocycles. The average molecular weight is 277 g/mol. The molecule has 1 nitrogen and oxygen atoms in total. The van der Waals surface area contributed by atoms with Gasteiger partial charge in [-0.05, 0) is 36.6 Å². The van der Waals surface area contributed by atoms with Crippen molar-refractivity contribution in [2.24, 2.45) is 5.41 Å². The molecule has 0 radical (unpaired) electrons. The van der Waals surface area contributed by atoms with Crippen molar-refractivity contribution in [1.29, 1.82) is 0 Å². The van der Waals surface area contributed by atoms with Gasteiger partial charge in [0.05, 0.1) is 5.56 Å². The summed E-state index contributed by atoms with van der Waals surface area (Å²) < 4.78 is 51.4. The fraction of sp³-hybridized carbons (Fsp3) is 0.571. The largest absolute Gasteiger partial charge is 0.419 e. The standard InChI is InChI=1S/C14H19F4N/c1-5-13(2,3)12(19-4)9-6-7-11(15)10(8-9)14(16,17)18/h6-8,12,19H,5H2,1-4H3. The highest BCUT2D eigenvalue weighted by atomic mass is 19.4. The Morgan fingerprint density at radius 1 is 1.21 bits per heavy atom. The first-order valence-electron chi connectivity index (χ1n) is 6.17. The van der Waals surface area contributed by atoms with E-state index in [2.05, 4.69) is 5.32 Å². The van der Waals surface area contributed by atoms with Gasteiger partial charge in [-0.2, -0.15) is 13.2 Å². The summed E-state index contributed by atoms with van der Waals surface area (Å²) in [5.74, 6) is -1.24. The van der Waals surface area contributed by atoms with Crippen LogP contribution in [0.1, 0.15) is 44.4 Å².